The first kappa shape index (κ1) is 15.9. The molecule has 0 radical (unpaired) electrons. The van der Waals surface area contributed by atoms with E-state index in [1.54, 1.807) is 0 Å². The molecule has 0 aromatic heterocycles. The van der Waals surface area contributed by atoms with Crippen LogP contribution < -0.4 is 5.32 Å². The molecule has 1 aliphatic rings. The normalized spacial score (nSPS) is 29.0. The molecule has 0 aliphatic heterocycles. The summed E-state index contributed by atoms with van der Waals surface area (Å²) in [6.07, 6.45) is 6.77. The lowest BCUT2D eigenvalue weighted by atomic mass is 9.85. The predicted molar refractivity (Wildman–Crippen MR) is 75.9 cm³/mol. The van der Waals surface area contributed by atoms with Crippen molar-refractivity contribution in [3.63, 3.8) is 0 Å². The summed E-state index contributed by atoms with van der Waals surface area (Å²) >= 11 is 0. The van der Waals surface area contributed by atoms with Gasteiger partial charge in [0.25, 0.3) is 0 Å². The fourth-order valence-corrected chi connectivity index (χ4v) is 2.60. The molecule has 0 spiro atoms. The van der Waals surface area contributed by atoms with Crippen molar-refractivity contribution in [1.29, 1.82) is 0 Å². The Morgan fingerprint density at radius 2 is 2.00 bits per heavy atom. The van der Waals surface area contributed by atoms with E-state index in [4.69, 9.17) is 9.47 Å². The van der Waals surface area contributed by atoms with Crippen molar-refractivity contribution in [3.8, 4) is 0 Å². The Bertz CT molecular complexity index is 211. The minimum Gasteiger partial charge on any atom is -0.375 e. The molecule has 1 rings (SSSR count). The Hall–Kier alpha value is -0.120. The van der Waals surface area contributed by atoms with Crippen molar-refractivity contribution in [2.75, 3.05) is 20.3 Å². The molecule has 0 bridgehead atoms. The van der Waals surface area contributed by atoms with Crippen LogP contribution in [0.2, 0.25) is 0 Å². The Morgan fingerprint density at radius 3 is 2.56 bits per heavy atom. The van der Waals surface area contributed by atoms with E-state index in [-0.39, 0.29) is 6.10 Å². The van der Waals surface area contributed by atoms with Crippen LogP contribution >= 0.6 is 0 Å². The summed E-state index contributed by atoms with van der Waals surface area (Å²) in [5.41, 5.74) is 0. The Kier molecular flexibility index (Phi) is 7.87. The van der Waals surface area contributed by atoms with Crippen molar-refractivity contribution in [3.05, 3.63) is 0 Å². The van der Waals surface area contributed by atoms with Gasteiger partial charge in [-0.3, -0.25) is 0 Å². The SMILES string of the molecule is CCCCC(CC)COC1CC(NC)C1OCC. The molecule has 18 heavy (non-hydrogen) atoms. The van der Waals surface area contributed by atoms with Gasteiger partial charge in [0.15, 0.2) is 0 Å². The van der Waals surface area contributed by atoms with Crippen molar-refractivity contribution in [2.24, 2.45) is 5.92 Å². The summed E-state index contributed by atoms with van der Waals surface area (Å²) in [6, 6.07) is 0.477. The molecular weight excluding hydrogens is 226 g/mol. The first-order valence-electron chi connectivity index (χ1n) is 7.67. The van der Waals surface area contributed by atoms with Crippen LogP contribution in [0.1, 0.15) is 52.9 Å². The van der Waals surface area contributed by atoms with Crippen molar-refractivity contribution < 1.29 is 9.47 Å². The van der Waals surface area contributed by atoms with Crippen LogP contribution in [-0.4, -0.2) is 38.5 Å². The van der Waals surface area contributed by atoms with E-state index < -0.39 is 0 Å². The molecular formula is C15H31NO2. The standard InChI is InChI=1S/C15H31NO2/c1-5-8-9-12(6-2)11-18-14-10-13(16-4)15(14)17-7-3/h12-16H,5-11H2,1-4H3. The highest BCUT2D eigenvalue weighted by Crippen LogP contribution is 2.28. The predicted octanol–water partition coefficient (Wildman–Crippen LogP) is 2.98. The fourth-order valence-electron chi connectivity index (χ4n) is 2.60. The van der Waals surface area contributed by atoms with Gasteiger partial charge in [0.2, 0.25) is 0 Å². The zero-order valence-corrected chi connectivity index (χ0v) is 12.6. The summed E-state index contributed by atoms with van der Waals surface area (Å²) in [5.74, 6) is 0.723. The third-order valence-corrected chi connectivity index (χ3v) is 4.07. The summed E-state index contributed by atoms with van der Waals surface area (Å²) in [7, 11) is 2.00. The summed E-state index contributed by atoms with van der Waals surface area (Å²) in [5, 5.41) is 3.30. The van der Waals surface area contributed by atoms with E-state index in [2.05, 4.69) is 26.1 Å². The number of likely N-dealkylation sites (N-methyl/N-ethyl adjacent to an activating group) is 1. The minimum atomic E-state index is 0.253. The summed E-state index contributed by atoms with van der Waals surface area (Å²) in [6.45, 7) is 8.25. The zero-order chi connectivity index (χ0) is 13.4. The zero-order valence-electron chi connectivity index (χ0n) is 12.6. The van der Waals surface area contributed by atoms with E-state index in [0.29, 0.717) is 12.1 Å². The van der Waals surface area contributed by atoms with Crippen LogP contribution in [0, 0.1) is 5.92 Å². The molecule has 4 atom stereocenters. The highest BCUT2D eigenvalue weighted by atomic mass is 16.5. The van der Waals surface area contributed by atoms with Crippen LogP contribution in [0.15, 0.2) is 0 Å². The molecule has 0 heterocycles. The van der Waals surface area contributed by atoms with E-state index in [1.807, 2.05) is 7.05 Å². The Morgan fingerprint density at radius 1 is 1.22 bits per heavy atom. The van der Waals surface area contributed by atoms with Gasteiger partial charge in [-0.25, -0.2) is 0 Å². The average molecular weight is 257 g/mol. The Labute approximate surface area is 113 Å². The maximum Gasteiger partial charge on any atom is 0.0990 e. The lowest BCUT2D eigenvalue weighted by Gasteiger charge is -2.44. The van der Waals surface area contributed by atoms with Crippen LogP contribution in [0.25, 0.3) is 0 Å². The molecule has 4 unspecified atom stereocenters. The Balaban J connectivity index is 2.25. The highest BCUT2D eigenvalue weighted by molar-refractivity contribution is 4.96. The first-order valence-corrected chi connectivity index (χ1v) is 7.67. The fraction of sp³-hybridized carbons (Fsp3) is 1.00. The molecule has 1 aliphatic carbocycles. The highest BCUT2D eigenvalue weighted by Gasteiger charge is 2.41. The molecule has 108 valence electrons. The lowest BCUT2D eigenvalue weighted by molar-refractivity contribution is -0.149. The van der Waals surface area contributed by atoms with Crippen molar-refractivity contribution in [2.45, 2.75) is 71.1 Å². The van der Waals surface area contributed by atoms with Crippen LogP contribution in [-0.2, 0) is 9.47 Å². The van der Waals surface area contributed by atoms with E-state index >= 15 is 0 Å². The lowest BCUT2D eigenvalue weighted by Crippen LogP contribution is -2.59. The minimum absolute atomic E-state index is 0.253. The van der Waals surface area contributed by atoms with Crippen LogP contribution in [0.5, 0.6) is 0 Å². The van der Waals surface area contributed by atoms with Gasteiger partial charge >= 0.3 is 0 Å². The second-order valence-corrected chi connectivity index (χ2v) is 5.34. The smallest absolute Gasteiger partial charge is 0.0990 e. The molecule has 1 saturated carbocycles. The largest absolute Gasteiger partial charge is 0.375 e. The quantitative estimate of drug-likeness (QED) is 0.652. The first-order chi connectivity index (χ1) is 8.76. The summed E-state index contributed by atoms with van der Waals surface area (Å²) < 4.78 is 11.8. The number of ether oxygens (including phenoxy) is 2. The number of unbranched alkanes of at least 4 members (excludes halogenated alkanes) is 1. The van der Waals surface area contributed by atoms with Gasteiger partial charge in [-0.05, 0) is 32.7 Å². The van der Waals surface area contributed by atoms with Gasteiger partial charge in [0.1, 0.15) is 0 Å². The van der Waals surface area contributed by atoms with E-state index in [1.165, 1.54) is 25.7 Å². The van der Waals surface area contributed by atoms with Crippen LogP contribution in [0.4, 0.5) is 0 Å². The molecule has 1 fully saturated rings. The molecule has 3 nitrogen and oxygen atoms in total. The van der Waals surface area contributed by atoms with Gasteiger partial charge < -0.3 is 14.8 Å². The molecule has 0 aromatic carbocycles. The third kappa shape index (κ3) is 4.52. The maximum absolute atomic E-state index is 6.06. The number of hydrogen-bond donors (Lipinski definition) is 1. The molecule has 0 amide bonds. The topological polar surface area (TPSA) is 30.5 Å². The maximum atomic E-state index is 6.06. The van der Waals surface area contributed by atoms with E-state index in [9.17, 15) is 0 Å². The monoisotopic (exact) mass is 257 g/mol. The third-order valence-electron chi connectivity index (χ3n) is 4.07. The van der Waals surface area contributed by atoms with Gasteiger partial charge in [-0.2, -0.15) is 0 Å². The molecule has 3 heteroatoms. The van der Waals surface area contributed by atoms with E-state index in [0.717, 1.165) is 25.6 Å². The number of rotatable bonds is 10. The van der Waals surface area contributed by atoms with Gasteiger partial charge in [-0.1, -0.05) is 33.1 Å². The molecule has 1 N–H and O–H groups in total. The second-order valence-electron chi connectivity index (χ2n) is 5.34. The second kappa shape index (κ2) is 8.89. The molecule has 0 aromatic rings. The van der Waals surface area contributed by atoms with Crippen LogP contribution in [0.3, 0.4) is 0 Å². The number of hydrogen-bond acceptors (Lipinski definition) is 3. The van der Waals surface area contributed by atoms with Crippen molar-refractivity contribution >= 4 is 0 Å². The van der Waals surface area contributed by atoms with Gasteiger partial charge in [0, 0.05) is 19.3 Å². The van der Waals surface area contributed by atoms with Gasteiger partial charge in [-0.15, -0.1) is 0 Å². The van der Waals surface area contributed by atoms with Crippen molar-refractivity contribution in [1.82, 2.24) is 5.32 Å². The average Bonchev–Trinajstić information content (AvgIpc) is 2.38. The summed E-state index contributed by atoms with van der Waals surface area (Å²) in [4.78, 5) is 0. The molecule has 0 saturated heterocycles. The van der Waals surface area contributed by atoms with Gasteiger partial charge in [0.05, 0.1) is 12.2 Å². The number of nitrogens with one attached hydrogen (secondary N) is 1.